The number of rotatable bonds is 6. The standard InChI is InChI=1S/C12H15I2/c1-2-3-4-7-12(8-5-10-13)9-6-11-14/h2-4,7-9H2,1H3. The van der Waals surface area contributed by atoms with Crippen LogP contribution in [0.5, 0.6) is 0 Å². The molecule has 0 heterocycles. The van der Waals surface area contributed by atoms with E-state index in [4.69, 9.17) is 0 Å². The quantitative estimate of drug-likeness (QED) is 0.336. The first kappa shape index (κ1) is 14.6. The van der Waals surface area contributed by atoms with E-state index in [0.717, 1.165) is 12.8 Å². The molecule has 0 unspecified atom stereocenters. The third kappa shape index (κ3) is 9.15. The van der Waals surface area contributed by atoms with Gasteiger partial charge in [-0.05, 0) is 20.2 Å². The van der Waals surface area contributed by atoms with Crippen LogP contribution in [0.1, 0.15) is 45.4 Å². The first-order chi connectivity index (χ1) is 6.85. The van der Waals surface area contributed by atoms with Crippen molar-refractivity contribution in [1.82, 2.24) is 0 Å². The molecule has 0 aromatic carbocycles. The van der Waals surface area contributed by atoms with E-state index in [0.29, 0.717) is 0 Å². The SMILES string of the molecule is CCCCC[C](CC#CI)CC#CI. The van der Waals surface area contributed by atoms with Crippen LogP contribution in [0, 0.1) is 25.6 Å². The lowest BCUT2D eigenvalue weighted by molar-refractivity contribution is 0.653. The molecule has 0 bridgehead atoms. The van der Waals surface area contributed by atoms with Gasteiger partial charge in [0.25, 0.3) is 0 Å². The van der Waals surface area contributed by atoms with Gasteiger partial charge >= 0.3 is 0 Å². The second kappa shape index (κ2) is 11.7. The maximum absolute atomic E-state index is 3.11. The van der Waals surface area contributed by atoms with E-state index in [1.807, 2.05) is 0 Å². The maximum Gasteiger partial charge on any atom is 0.0181 e. The average molecular weight is 413 g/mol. The number of hydrogen-bond donors (Lipinski definition) is 0. The molecule has 0 rings (SSSR count). The van der Waals surface area contributed by atoms with Gasteiger partial charge in [0.1, 0.15) is 0 Å². The molecule has 0 N–H and O–H groups in total. The molecule has 0 aromatic heterocycles. The van der Waals surface area contributed by atoms with Crippen LogP contribution in [0.25, 0.3) is 0 Å². The fraction of sp³-hybridized carbons (Fsp3) is 0.583. The van der Waals surface area contributed by atoms with E-state index < -0.39 is 0 Å². The predicted octanol–water partition coefficient (Wildman–Crippen LogP) is 4.71. The van der Waals surface area contributed by atoms with Crippen molar-refractivity contribution in [2.24, 2.45) is 0 Å². The predicted molar refractivity (Wildman–Crippen MR) is 80.2 cm³/mol. The molecule has 0 atom stereocenters. The lowest BCUT2D eigenvalue weighted by Gasteiger charge is -2.08. The van der Waals surface area contributed by atoms with Gasteiger partial charge in [-0.1, -0.05) is 38.0 Å². The smallest absolute Gasteiger partial charge is 0.0181 e. The molecule has 2 heteroatoms. The largest absolute Gasteiger partial charge is 0.0912 e. The molecule has 77 valence electrons. The Morgan fingerprint density at radius 2 is 1.57 bits per heavy atom. The van der Waals surface area contributed by atoms with Crippen LogP contribution in [-0.2, 0) is 0 Å². The molecule has 0 nitrogen and oxygen atoms in total. The Balaban J connectivity index is 3.79. The monoisotopic (exact) mass is 413 g/mol. The molecule has 14 heavy (non-hydrogen) atoms. The molecule has 0 spiro atoms. The van der Waals surface area contributed by atoms with Gasteiger partial charge < -0.3 is 0 Å². The number of hydrogen-bond acceptors (Lipinski definition) is 0. The molecule has 0 saturated carbocycles. The molecular weight excluding hydrogens is 398 g/mol. The highest BCUT2D eigenvalue weighted by molar-refractivity contribution is 14.1. The zero-order valence-corrected chi connectivity index (χ0v) is 12.8. The van der Waals surface area contributed by atoms with Crippen molar-refractivity contribution in [3.8, 4) is 19.7 Å². The Bertz CT molecular complexity index is 215. The van der Waals surface area contributed by atoms with Crippen LogP contribution in [0.2, 0.25) is 0 Å². The van der Waals surface area contributed by atoms with Crippen LogP contribution >= 0.6 is 45.2 Å². The van der Waals surface area contributed by atoms with E-state index >= 15 is 0 Å². The Labute approximate surface area is 115 Å². The van der Waals surface area contributed by atoms with Crippen molar-refractivity contribution < 1.29 is 0 Å². The van der Waals surface area contributed by atoms with Gasteiger partial charge in [-0.15, -0.1) is 0 Å². The zero-order chi connectivity index (χ0) is 10.6. The summed E-state index contributed by atoms with van der Waals surface area (Å²) >= 11 is 4.18. The Morgan fingerprint density at radius 1 is 1.00 bits per heavy atom. The average Bonchev–Trinajstić information content (AvgIpc) is 2.21. The van der Waals surface area contributed by atoms with Crippen LogP contribution in [0.15, 0.2) is 0 Å². The lowest BCUT2D eigenvalue weighted by Crippen LogP contribution is -1.95. The Kier molecular flexibility index (Phi) is 12.1. The van der Waals surface area contributed by atoms with E-state index in [1.165, 1.54) is 31.6 Å². The van der Waals surface area contributed by atoms with Gasteiger partial charge in [0.05, 0.1) is 0 Å². The molecule has 0 aliphatic carbocycles. The summed E-state index contributed by atoms with van der Waals surface area (Å²) in [5.41, 5.74) is 0. The van der Waals surface area contributed by atoms with Crippen molar-refractivity contribution in [1.29, 1.82) is 0 Å². The molecular formula is C12H15I2. The fourth-order valence-electron chi connectivity index (χ4n) is 1.18. The second-order valence-corrected chi connectivity index (χ2v) is 4.18. The summed E-state index contributed by atoms with van der Waals surface area (Å²) in [5.74, 6) is 7.72. The van der Waals surface area contributed by atoms with Crippen molar-refractivity contribution in [3.05, 3.63) is 5.92 Å². The summed E-state index contributed by atoms with van der Waals surface area (Å²) in [5, 5.41) is 0. The Hall–Kier alpha value is 0.580. The summed E-state index contributed by atoms with van der Waals surface area (Å²) in [6.07, 6.45) is 6.94. The summed E-state index contributed by atoms with van der Waals surface area (Å²) in [4.78, 5) is 0. The Morgan fingerprint density at radius 3 is 2.00 bits per heavy atom. The summed E-state index contributed by atoms with van der Waals surface area (Å²) in [6.45, 7) is 2.23. The molecule has 0 saturated heterocycles. The highest BCUT2D eigenvalue weighted by Gasteiger charge is 2.05. The van der Waals surface area contributed by atoms with Gasteiger partial charge in [-0.25, -0.2) is 0 Å². The van der Waals surface area contributed by atoms with E-state index in [1.54, 1.807) is 0 Å². The minimum Gasteiger partial charge on any atom is -0.0912 e. The highest BCUT2D eigenvalue weighted by Crippen LogP contribution is 2.19. The fourth-order valence-corrected chi connectivity index (χ4v) is 1.56. The van der Waals surface area contributed by atoms with E-state index in [2.05, 4.69) is 71.8 Å². The second-order valence-electron chi connectivity index (χ2n) is 3.10. The van der Waals surface area contributed by atoms with Crippen molar-refractivity contribution in [3.63, 3.8) is 0 Å². The minimum absolute atomic E-state index is 0.929. The van der Waals surface area contributed by atoms with Gasteiger partial charge in [0, 0.05) is 58.0 Å². The summed E-state index contributed by atoms with van der Waals surface area (Å²) in [7, 11) is 0. The molecule has 1 radical (unpaired) electrons. The molecule has 0 aromatic rings. The van der Waals surface area contributed by atoms with Gasteiger partial charge in [-0.2, -0.15) is 0 Å². The van der Waals surface area contributed by atoms with Crippen molar-refractivity contribution in [2.75, 3.05) is 0 Å². The summed E-state index contributed by atoms with van der Waals surface area (Å²) in [6, 6.07) is 0. The normalized spacial score (nSPS) is 8.86. The first-order valence-electron chi connectivity index (χ1n) is 4.85. The van der Waals surface area contributed by atoms with E-state index in [9.17, 15) is 0 Å². The number of unbranched alkanes of at least 4 members (excludes halogenated alkanes) is 2. The topological polar surface area (TPSA) is 0 Å². The van der Waals surface area contributed by atoms with Crippen LogP contribution in [0.4, 0.5) is 0 Å². The number of halogens is 2. The van der Waals surface area contributed by atoms with Gasteiger partial charge in [-0.3, -0.25) is 0 Å². The molecule has 0 fully saturated rings. The molecule has 0 amide bonds. The minimum atomic E-state index is 0.929. The third-order valence-corrected chi connectivity index (χ3v) is 2.71. The zero-order valence-electron chi connectivity index (χ0n) is 8.50. The third-order valence-electron chi connectivity index (χ3n) is 1.94. The highest BCUT2D eigenvalue weighted by atomic mass is 127. The van der Waals surface area contributed by atoms with Crippen molar-refractivity contribution >= 4 is 45.2 Å². The van der Waals surface area contributed by atoms with Crippen molar-refractivity contribution in [2.45, 2.75) is 45.4 Å². The molecule has 0 aliphatic heterocycles. The van der Waals surface area contributed by atoms with Crippen LogP contribution in [-0.4, -0.2) is 0 Å². The first-order valence-corrected chi connectivity index (χ1v) is 7.01. The van der Waals surface area contributed by atoms with Gasteiger partial charge in [0.15, 0.2) is 0 Å². The summed E-state index contributed by atoms with van der Waals surface area (Å²) < 4.78 is 5.83. The van der Waals surface area contributed by atoms with E-state index in [-0.39, 0.29) is 0 Å². The van der Waals surface area contributed by atoms with Gasteiger partial charge in [0.2, 0.25) is 0 Å². The van der Waals surface area contributed by atoms with Crippen LogP contribution in [0.3, 0.4) is 0 Å². The lowest BCUT2D eigenvalue weighted by atomic mass is 9.95. The van der Waals surface area contributed by atoms with Crippen LogP contribution < -0.4 is 0 Å². The maximum atomic E-state index is 3.11. The molecule has 0 aliphatic rings.